The Kier molecular flexibility index (Phi) is 5.67. The molecule has 0 heterocycles. The van der Waals surface area contributed by atoms with Crippen molar-refractivity contribution in [2.45, 2.75) is 12.3 Å². The minimum atomic E-state index is -1.04. The monoisotopic (exact) mass is 360 g/mol. The van der Waals surface area contributed by atoms with Crippen LogP contribution in [-0.4, -0.2) is 24.0 Å². The van der Waals surface area contributed by atoms with Crippen molar-refractivity contribution >= 4 is 11.8 Å². The smallest absolute Gasteiger partial charge is 0.336 e. The molecule has 3 aromatic rings. The van der Waals surface area contributed by atoms with E-state index in [1.54, 1.807) is 30.3 Å². The molecule has 136 valence electrons. The van der Waals surface area contributed by atoms with Gasteiger partial charge in [-0.05, 0) is 17.7 Å². The highest BCUT2D eigenvalue weighted by atomic mass is 16.5. The summed E-state index contributed by atoms with van der Waals surface area (Å²) >= 11 is 0. The second-order valence-electron chi connectivity index (χ2n) is 6.18. The number of carboxylic acids is 1. The van der Waals surface area contributed by atoms with E-state index < -0.39 is 11.9 Å². The number of benzene rings is 3. The average Bonchev–Trinajstić information content (AvgIpc) is 2.72. The molecule has 3 rings (SSSR count). The van der Waals surface area contributed by atoms with Gasteiger partial charge in [0.25, 0.3) is 0 Å². The fourth-order valence-electron chi connectivity index (χ4n) is 3.27. The predicted molar refractivity (Wildman–Crippen MR) is 104 cm³/mol. The summed E-state index contributed by atoms with van der Waals surface area (Å²) in [7, 11) is 1.51. The minimum Gasteiger partial charge on any atom is -0.496 e. The summed E-state index contributed by atoms with van der Waals surface area (Å²) in [5, 5.41) is 9.69. The number of ketones is 1. The summed E-state index contributed by atoms with van der Waals surface area (Å²) in [6.07, 6.45) is 0.147. The topological polar surface area (TPSA) is 63.6 Å². The van der Waals surface area contributed by atoms with Crippen LogP contribution < -0.4 is 4.74 Å². The fraction of sp³-hybridized carbons (Fsp3) is 0.130. The van der Waals surface area contributed by atoms with Crippen molar-refractivity contribution in [3.8, 4) is 5.75 Å². The third-order valence-electron chi connectivity index (χ3n) is 4.55. The standard InChI is InChI=1S/C23H20O4/c1-27-21-14-8-13-18(23(25)26)22(21)19(16-9-4-2-5-10-16)15-20(24)17-11-6-3-7-12-17/h2-14,19H,15H2,1H3,(H,25,26). The van der Waals surface area contributed by atoms with Crippen LogP contribution in [0.3, 0.4) is 0 Å². The summed E-state index contributed by atoms with van der Waals surface area (Å²) in [6, 6.07) is 23.4. The highest BCUT2D eigenvalue weighted by Crippen LogP contribution is 2.37. The largest absolute Gasteiger partial charge is 0.496 e. The van der Waals surface area contributed by atoms with Gasteiger partial charge in [-0.3, -0.25) is 4.79 Å². The lowest BCUT2D eigenvalue weighted by Gasteiger charge is -2.22. The van der Waals surface area contributed by atoms with Crippen LogP contribution in [0.5, 0.6) is 5.75 Å². The molecule has 1 N–H and O–H groups in total. The molecule has 0 radical (unpaired) electrons. The molecular formula is C23H20O4. The Morgan fingerprint density at radius 2 is 1.52 bits per heavy atom. The van der Waals surface area contributed by atoms with E-state index in [1.807, 2.05) is 48.5 Å². The van der Waals surface area contributed by atoms with Crippen molar-refractivity contribution in [1.29, 1.82) is 0 Å². The summed E-state index contributed by atoms with van der Waals surface area (Å²) in [5.41, 5.74) is 2.13. The Morgan fingerprint density at radius 1 is 0.889 bits per heavy atom. The average molecular weight is 360 g/mol. The van der Waals surface area contributed by atoms with Gasteiger partial charge >= 0.3 is 5.97 Å². The van der Waals surface area contributed by atoms with E-state index in [0.717, 1.165) is 5.56 Å². The van der Waals surface area contributed by atoms with Crippen LogP contribution in [0.2, 0.25) is 0 Å². The quantitative estimate of drug-likeness (QED) is 0.615. The molecule has 4 nitrogen and oxygen atoms in total. The number of carbonyl (C=O) groups is 2. The van der Waals surface area contributed by atoms with Gasteiger partial charge in [-0.15, -0.1) is 0 Å². The van der Waals surface area contributed by atoms with Crippen LogP contribution in [0.25, 0.3) is 0 Å². The first-order valence-electron chi connectivity index (χ1n) is 8.65. The van der Waals surface area contributed by atoms with Gasteiger partial charge in [-0.2, -0.15) is 0 Å². The van der Waals surface area contributed by atoms with Crippen molar-refractivity contribution in [3.05, 3.63) is 101 Å². The first-order chi connectivity index (χ1) is 13.1. The van der Waals surface area contributed by atoms with Gasteiger partial charge in [0, 0.05) is 23.5 Å². The lowest BCUT2D eigenvalue weighted by molar-refractivity contribution is 0.0693. The second kappa shape index (κ2) is 8.32. The van der Waals surface area contributed by atoms with Gasteiger partial charge in [-0.1, -0.05) is 66.7 Å². The zero-order chi connectivity index (χ0) is 19.2. The SMILES string of the molecule is COc1cccc(C(=O)O)c1C(CC(=O)c1ccccc1)c1ccccc1. The van der Waals surface area contributed by atoms with Crippen LogP contribution in [0, 0.1) is 0 Å². The molecule has 27 heavy (non-hydrogen) atoms. The van der Waals surface area contributed by atoms with Gasteiger partial charge in [0.05, 0.1) is 12.7 Å². The minimum absolute atomic E-state index is 0.0494. The Balaban J connectivity index is 2.12. The first-order valence-corrected chi connectivity index (χ1v) is 8.65. The third-order valence-corrected chi connectivity index (χ3v) is 4.55. The van der Waals surface area contributed by atoms with Gasteiger partial charge in [0.1, 0.15) is 5.75 Å². The van der Waals surface area contributed by atoms with E-state index in [-0.39, 0.29) is 17.8 Å². The molecule has 0 saturated heterocycles. The van der Waals surface area contributed by atoms with Crippen molar-refractivity contribution in [2.24, 2.45) is 0 Å². The zero-order valence-corrected chi connectivity index (χ0v) is 15.0. The molecule has 0 aliphatic rings. The van der Waals surface area contributed by atoms with E-state index in [2.05, 4.69) is 0 Å². The molecule has 0 aliphatic heterocycles. The number of ether oxygens (including phenoxy) is 1. The lowest BCUT2D eigenvalue weighted by atomic mass is 9.83. The molecule has 0 saturated carbocycles. The van der Waals surface area contributed by atoms with E-state index in [1.165, 1.54) is 7.11 Å². The number of carboxylic acid groups (broad SMARTS) is 1. The van der Waals surface area contributed by atoms with Gasteiger partial charge < -0.3 is 9.84 Å². The van der Waals surface area contributed by atoms with Gasteiger partial charge in [-0.25, -0.2) is 4.79 Å². The summed E-state index contributed by atoms with van der Waals surface area (Å²) in [4.78, 5) is 24.7. The molecule has 0 amide bonds. The summed E-state index contributed by atoms with van der Waals surface area (Å²) < 4.78 is 5.45. The number of hydrogen-bond acceptors (Lipinski definition) is 3. The first kappa shape index (κ1) is 18.4. The van der Waals surface area contributed by atoms with Crippen molar-refractivity contribution in [3.63, 3.8) is 0 Å². The number of carbonyl (C=O) groups excluding carboxylic acids is 1. The molecule has 1 atom stereocenters. The fourth-order valence-corrected chi connectivity index (χ4v) is 3.27. The van der Waals surface area contributed by atoms with E-state index in [4.69, 9.17) is 4.74 Å². The van der Waals surface area contributed by atoms with Crippen molar-refractivity contribution in [2.75, 3.05) is 7.11 Å². The second-order valence-corrected chi connectivity index (χ2v) is 6.18. The molecular weight excluding hydrogens is 340 g/mol. The maximum absolute atomic E-state index is 12.9. The molecule has 0 aliphatic carbocycles. The van der Waals surface area contributed by atoms with Crippen LogP contribution in [0.1, 0.15) is 44.2 Å². The van der Waals surface area contributed by atoms with Crippen LogP contribution in [0.4, 0.5) is 0 Å². The Morgan fingerprint density at radius 3 is 2.11 bits per heavy atom. The summed E-state index contributed by atoms with van der Waals surface area (Å²) in [6.45, 7) is 0. The van der Waals surface area contributed by atoms with Crippen LogP contribution >= 0.6 is 0 Å². The predicted octanol–water partition coefficient (Wildman–Crippen LogP) is 4.80. The molecule has 0 bridgehead atoms. The Bertz CT molecular complexity index is 933. The lowest BCUT2D eigenvalue weighted by Crippen LogP contribution is -2.14. The normalized spacial score (nSPS) is 11.6. The number of rotatable bonds is 7. The molecule has 0 spiro atoms. The van der Waals surface area contributed by atoms with Crippen molar-refractivity contribution < 1.29 is 19.4 Å². The zero-order valence-electron chi connectivity index (χ0n) is 15.0. The number of aromatic carboxylic acids is 1. The molecule has 3 aromatic carbocycles. The highest BCUT2D eigenvalue weighted by Gasteiger charge is 2.27. The number of Topliss-reactive ketones (excluding diaryl/α,β-unsaturated/α-hetero) is 1. The maximum atomic E-state index is 12.9. The molecule has 0 fully saturated rings. The summed E-state index contributed by atoms with van der Waals surface area (Å²) in [5.74, 6) is -1.06. The van der Waals surface area contributed by atoms with E-state index in [9.17, 15) is 14.7 Å². The Hall–Kier alpha value is -3.40. The van der Waals surface area contributed by atoms with Gasteiger partial charge in [0.2, 0.25) is 0 Å². The highest BCUT2D eigenvalue weighted by molar-refractivity contribution is 5.97. The van der Waals surface area contributed by atoms with Crippen LogP contribution in [0.15, 0.2) is 78.9 Å². The molecule has 4 heteroatoms. The Labute approximate surface area is 158 Å². The number of methoxy groups -OCH3 is 1. The van der Waals surface area contributed by atoms with E-state index >= 15 is 0 Å². The third kappa shape index (κ3) is 4.06. The van der Waals surface area contributed by atoms with Crippen LogP contribution in [-0.2, 0) is 0 Å². The molecule has 1 unspecified atom stereocenters. The number of hydrogen-bond donors (Lipinski definition) is 1. The molecule has 0 aromatic heterocycles. The maximum Gasteiger partial charge on any atom is 0.336 e. The van der Waals surface area contributed by atoms with Gasteiger partial charge in [0.15, 0.2) is 5.78 Å². The van der Waals surface area contributed by atoms with E-state index in [0.29, 0.717) is 16.9 Å². The van der Waals surface area contributed by atoms with Crippen molar-refractivity contribution in [1.82, 2.24) is 0 Å².